The monoisotopic (exact) mass is 541 g/mol. The van der Waals surface area contributed by atoms with Gasteiger partial charge in [0, 0.05) is 61.7 Å². The number of aldehydes is 1. The third kappa shape index (κ3) is 5.62. The maximum Gasteiger partial charge on any atom is 0.253 e. The first-order chi connectivity index (χ1) is 18.7. The van der Waals surface area contributed by atoms with E-state index < -0.39 is 29.7 Å². The molecule has 8 nitrogen and oxygen atoms in total. The summed E-state index contributed by atoms with van der Waals surface area (Å²) >= 11 is 0. The van der Waals surface area contributed by atoms with E-state index in [2.05, 4.69) is 0 Å². The van der Waals surface area contributed by atoms with Crippen LogP contribution >= 0.6 is 0 Å². The number of likely N-dealkylation sites (tertiary alicyclic amines) is 1. The van der Waals surface area contributed by atoms with Gasteiger partial charge in [-0.3, -0.25) is 4.79 Å². The molecule has 1 amide bonds. The van der Waals surface area contributed by atoms with Crippen molar-refractivity contribution in [1.82, 2.24) is 9.80 Å². The van der Waals surface area contributed by atoms with Crippen molar-refractivity contribution in [2.75, 3.05) is 51.3 Å². The number of hydrogen-bond acceptors (Lipinski definition) is 7. The number of allylic oxidation sites excluding steroid dienone is 1. The number of aliphatic hydroxyl groups excluding tert-OH is 1. The van der Waals surface area contributed by atoms with Crippen molar-refractivity contribution in [3.8, 4) is 5.75 Å². The standard InChI is InChI=1S/C29H33F2N3O5/c1-18(32(2)23-15-21(30)14-22(31)16-23)25-11-19(29(37)34-5-3-24(36)4-6-34)12-26-20(17-35)13-27(39-28(25)26)33-7-9-38-10-8-33/h11-18,20,24,36H,3-10H2,1-2H3. The van der Waals surface area contributed by atoms with Gasteiger partial charge in [0.25, 0.3) is 5.91 Å². The number of nitrogens with zero attached hydrogens (tertiary/aromatic N) is 3. The van der Waals surface area contributed by atoms with E-state index in [1.54, 1.807) is 35.1 Å². The van der Waals surface area contributed by atoms with E-state index in [1.165, 1.54) is 12.1 Å². The number of piperidine rings is 1. The Morgan fingerprint density at radius 2 is 1.74 bits per heavy atom. The minimum absolute atomic E-state index is 0.204. The molecule has 0 spiro atoms. The average Bonchev–Trinajstić information content (AvgIpc) is 2.95. The Labute approximate surface area is 226 Å². The van der Waals surface area contributed by atoms with Crippen molar-refractivity contribution in [3.63, 3.8) is 0 Å². The summed E-state index contributed by atoms with van der Waals surface area (Å²) in [5.41, 5.74) is 1.89. The highest BCUT2D eigenvalue weighted by Gasteiger charge is 2.33. The Morgan fingerprint density at radius 1 is 1.08 bits per heavy atom. The molecule has 2 unspecified atom stereocenters. The SMILES string of the molecule is CC(c1cc(C(=O)N2CCC(O)CC2)cc2c1OC(N1CCOCC1)=CC2C=O)N(C)c1cc(F)cc(F)c1. The quantitative estimate of drug-likeness (QED) is 0.560. The van der Waals surface area contributed by atoms with Gasteiger partial charge >= 0.3 is 0 Å². The van der Waals surface area contributed by atoms with E-state index in [4.69, 9.17) is 9.47 Å². The summed E-state index contributed by atoms with van der Waals surface area (Å²) in [6.07, 6.45) is 3.16. The molecule has 0 saturated carbocycles. The van der Waals surface area contributed by atoms with Crippen molar-refractivity contribution in [2.45, 2.75) is 37.8 Å². The molecule has 2 fully saturated rings. The summed E-state index contributed by atoms with van der Waals surface area (Å²) in [5.74, 6) is -1.25. The van der Waals surface area contributed by atoms with Gasteiger partial charge in [-0.2, -0.15) is 0 Å². The summed E-state index contributed by atoms with van der Waals surface area (Å²) in [7, 11) is 1.71. The summed E-state index contributed by atoms with van der Waals surface area (Å²) in [6.45, 7) is 5.01. The van der Waals surface area contributed by atoms with Gasteiger partial charge in [0.05, 0.1) is 31.3 Å². The van der Waals surface area contributed by atoms with Crippen LogP contribution in [0.3, 0.4) is 0 Å². The smallest absolute Gasteiger partial charge is 0.253 e. The van der Waals surface area contributed by atoms with Crippen LogP contribution in [-0.4, -0.2) is 79.6 Å². The predicted molar refractivity (Wildman–Crippen MR) is 141 cm³/mol. The van der Waals surface area contributed by atoms with Crippen LogP contribution in [0.2, 0.25) is 0 Å². The van der Waals surface area contributed by atoms with Gasteiger partial charge in [-0.05, 0) is 50.1 Å². The number of carbonyl (C=O) groups excluding carboxylic acids is 2. The predicted octanol–water partition coefficient (Wildman–Crippen LogP) is 3.61. The van der Waals surface area contributed by atoms with Gasteiger partial charge in [0.15, 0.2) is 5.88 Å². The molecule has 2 aromatic carbocycles. The number of benzene rings is 2. The van der Waals surface area contributed by atoms with Crippen molar-refractivity contribution < 1.29 is 33.0 Å². The van der Waals surface area contributed by atoms with Crippen molar-refractivity contribution in [2.24, 2.45) is 0 Å². The number of carbonyl (C=O) groups is 2. The molecule has 3 aliphatic rings. The number of halogens is 2. The van der Waals surface area contributed by atoms with Gasteiger partial charge in [0.1, 0.15) is 23.7 Å². The maximum atomic E-state index is 14.1. The minimum Gasteiger partial charge on any atom is -0.441 e. The molecular formula is C29H33F2N3O5. The van der Waals surface area contributed by atoms with E-state index in [1.807, 2.05) is 11.8 Å². The second-order valence-corrected chi connectivity index (χ2v) is 10.3. The number of rotatable bonds is 6. The van der Waals surface area contributed by atoms with Crippen LogP contribution < -0.4 is 9.64 Å². The topological polar surface area (TPSA) is 82.5 Å². The van der Waals surface area contributed by atoms with Gasteiger partial charge in [0.2, 0.25) is 0 Å². The number of amides is 1. The average molecular weight is 542 g/mol. The Bertz CT molecular complexity index is 1250. The Hall–Kier alpha value is -3.50. The molecule has 1 N–H and O–H groups in total. The first-order valence-electron chi connectivity index (χ1n) is 13.3. The molecular weight excluding hydrogens is 508 g/mol. The van der Waals surface area contributed by atoms with Crippen LogP contribution in [0, 0.1) is 11.6 Å². The second kappa shape index (κ2) is 11.3. The van der Waals surface area contributed by atoms with E-state index in [0.717, 1.165) is 12.4 Å². The molecule has 0 bridgehead atoms. The van der Waals surface area contributed by atoms with Gasteiger partial charge < -0.3 is 34.1 Å². The summed E-state index contributed by atoms with van der Waals surface area (Å²) in [6, 6.07) is 6.27. The molecule has 208 valence electrons. The van der Waals surface area contributed by atoms with Crippen molar-refractivity contribution >= 4 is 17.9 Å². The van der Waals surface area contributed by atoms with Crippen molar-refractivity contribution in [3.05, 3.63) is 70.6 Å². The fourth-order valence-electron chi connectivity index (χ4n) is 5.35. The number of fused-ring (bicyclic) bond motifs is 1. The molecule has 3 aliphatic heterocycles. The molecule has 3 heterocycles. The minimum atomic E-state index is -0.697. The number of ether oxygens (including phenoxy) is 2. The Morgan fingerprint density at radius 3 is 2.38 bits per heavy atom. The first-order valence-corrected chi connectivity index (χ1v) is 13.3. The van der Waals surface area contributed by atoms with Gasteiger partial charge in [-0.15, -0.1) is 0 Å². The zero-order valence-corrected chi connectivity index (χ0v) is 22.1. The highest BCUT2D eigenvalue weighted by Crippen LogP contribution is 2.43. The van der Waals surface area contributed by atoms with Crippen LogP contribution in [0.15, 0.2) is 42.3 Å². The molecule has 0 aliphatic carbocycles. The molecule has 10 heteroatoms. The summed E-state index contributed by atoms with van der Waals surface area (Å²) in [4.78, 5) is 31.3. The van der Waals surface area contributed by atoms with Gasteiger partial charge in [-0.25, -0.2) is 8.78 Å². The highest BCUT2D eigenvalue weighted by molar-refractivity contribution is 5.95. The summed E-state index contributed by atoms with van der Waals surface area (Å²) in [5, 5.41) is 9.89. The molecule has 2 saturated heterocycles. The maximum absolute atomic E-state index is 14.1. The number of anilines is 1. The molecule has 39 heavy (non-hydrogen) atoms. The molecule has 0 radical (unpaired) electrons. The normalized spacial score (nSPS) is 20.5. The number of aliphatic hydroxyl groups is 1. The van der Waals surface area contributed by atoms with Gasteiger partial charge in [-0.1, -0.05) is 0 Å². The lowest BCUT2D eigenvalue weighted by Crippen LogP contribution is -2.40. The van der Waals surface area contributed by atoms with Crippen LogP contribution in [0.5, 0.6) is 5.75 Å². The Kier molecular flexibility index (Phi) is 7.86. The Balaban J connectivity index is 1.57. The third-order valence-corrected chi connectivity index (χ3v) is 7.79. The van der Waals surface area contributed by atoms with Crippen molar-refractivity contribution in [1.29, 1.82) is 0 Å². The van der Waals surface area contributed by atoms with Crippen LogP contribution in [0.4, 0.5) is 14.5 Å². The second-order valence-electron chi connectivity index (χ2n) is 10.3. The molecule has 5 rings (SSSR count). The number of hydrogen-bond donors (Lipinski definition) is 1. The zero-order valence-electron chi connectivity index (χ0n) is 22.1. The third-order valence-electron chi connectivity index (χ3n) is 7.79. The largest absolute Gasteiger partial charge is 0.441 e. The van der Waals surface area contributed by atoms with Crippen LogP contribution in [0.25, 0.3) is 0 Å². The lowest BCUT2D eigenvalue weighted by Gasteiger charge is -2.36. The van der Waals surface area contributed by atoms with Crippen LogP contribution in [0.1, 0.15) is 53.2 Å². The molecule has 2 aromatic rings. The van der Waals surface area contributed by atoms with E-state index in [9.17, 15) is 23.5 Å². The first kappa shape index (κ1) is 27.1. The number of morpholine rings is 1. The van der Waals surface area contributed by atoms with E-state index >= 15 is 0 Å². The van der Waals surface area contributed by atoms with E-state index in [0.29, 0.717) is 86.2 Å². The zero-order chi connectivity index (χ0) is 27.7. The fourth-order valence-corrected chi connectivity index (χ4v) is 5.35. The highest BCUT2D eigenvalue weighted by atomic mass is 19.1. The molecule has 2 atom stereocenters. The lowest BCUT2D eigenvalue weighted by atomic mass is 9.89. The lowest BCUT2D eigenvalue weighted by molar-refractivity contribution is -0.108. The molecule has 0 aromatic heterocycles. The van der Waals surface area contributed by atoms with Crippen LogP contribution in [-0.2, 0) is 9.53 Å². The van der Waals surface area contributed by atoms with E-state index in [-0.39, 0.29) is 5.91 Å². The summed E-state index contributed by atoms with van der Waals surface area (Å²) < 4.78 is 40.0. The fraction of sp³-hybridized carbons (Fsp3) is 0.448.